The van der Waals surface area contributed by atoms with E-state index in [1.807, 2.05) is 6.33 Å². The number of aromatic nitrogens is 2. The summed E-state index contributed by atoms with van der Waals surface area (Å²) in [4.78, 5) is 4.41. The molecule has 19 heavy (non-hydrogen) atoms. The molecule has 0 radical (unpaired) electrons. The van der Waals surface area contributed by atoms with Gasteiger partial charge in [-0.3, -0.25) is 0 Å². The predicted molar refractivity (Wildman–Crippen MR) is 80.5 cm³/mol. The van der Waals surface area contributed by atoms with Crippen LogP contribution < -0.4 is 5.32 Å². The molecular formula is C16H29N3. The molecule has 1 aliphatic rings. The molecule has 0 aromatic carbocycles. The molecule has 0 bridgehead atoms. The molecule has 0 saturated carbocycles. The van der Waals surface area contributed by atoms with E-state index < -0.39 is 0 Å². The second kappa shape index (κ2) is 6.08. The van der Waals surface area contributed by atoms with E-state index in [2.05, 4.69) is 48.8 Å². The van der Waals surface area contributed by atoms with Crippen LogP contribution in [0.15, 0.2) is 12.5 Å². The summed E-state index contributed by atoms with van der Waals surface area (Å²) in [6, 6.07) is 0.564. The molecule has 1 fully saturated rings. The van der Waals surface area contributed by atoms with Crippen LogP contribution in [-0.2, 0) is 5.41 Å². The van der Waals surface area contributed by atoms with Crippen molar-refractivity contribution >= 4 is 0 Å². The highest BCUT2D eigenvalue weighted by atomic mass is 15.1. The Balaban J connectivity index is 2.02. The first-order chi connectivity index (χ1) is 9.03. The van der Waals surface area contributed by atoms with Crippen LogP contribution in [0, 0.1) is 5.92 Å². The van der Waals surface area contributed by atoms with Crippen molar-refractivity contribution < 1.29 is 0 Å². The summed E-state index contributed by atoms with van der Waals surface area (Å²) in [6.45, 7) is 11.5. The van der Waals surface area contributed by atoms with Crippen LogP contribution in [0.5, 0.6) is 0 Å². The molecule has 1 N–H and O–H groups in total. The summed E-state index contributed by atoms with van der Waals surface area (Å²) in [5.41, 5.74) is 1.68. The number of hydrogen-bond acceptors (Lipinski definition) is 2. The van der Waals surface area contributed by atoms with E-state index in [4.69, 9.17) is 0 Å². The van der Waals surface area contributed by atoms with E-state index in [0.29, 0.717) is 6.04 Å². The van der Waals surface area contributed by atoms with Crippen molar-refractivity contribution in [2.75, 3.05) is 13.1 Å². The summed E-state index contributed by atoms with van der Waals surface area (Å²) >= 11 is 0. The molecule has 2 unspecified atom stereocenters. The lowest BCUT2D eigenvalue weighted by molar-refractivity contribution is 0.402. The molecule has 1 aromatic heterocycles. The van der Waals surface area contributed by atoms with Gasteiger partial charge in [0, 0.05) is 29.9 Å². The summed E-state index contributed by atoms with van der Waals surface area (Å²) in [6.07, 6.45) is 9.21. The standard InChI is InChI=1S/C16H29N3/c1-13(2)6-5-7-14(3)19-12-18-10-15(19)16(4)8-9-17-11-16/h10,12-14,17H,5-9,11H2,1-4H3. The largest absolute Gasteiger partial charge is 0.331 e. The highest BCUT2D eigenvalue weighted by Gasteiger charge is 2.33. The van der Waals surface area contributed by atoms with Crippen molar-refractivity contribution in [3.63, 3.8) is 0 Å². The van der Waals surface area contributed by atoms with Crippen LogP contribution >= 0.6 is 0 Å². The van der Waals surface area contributed by atoms with Gasteiger partial charge in [0.25, 0.3) is 0 Å². The maximum absolute atomic E-state index is 4.41. The molecule has 108 valence electrons. The molecule has 2 atom stereocenters. The first-order valence-electron chi connectivity index (χ1n) is 7.76. The van der Waals surface area contributed by atoms with E-state index >= 15 is 0 Å². The van der Waals surface area contributed by atoms with Crippen molar-refractivity contribution in [2.45, 2.75) is 64.8 Å². The summed E-state index contributed by atoms with van der Waals surface area (Å²) < 4.78 is 2.41. The molecule has 3 nitrogen and oxygen atoms in total. The normalized spacial score (nSPS) is 25.1. The third-order valence-corrected chi connectivity index (χ3v) is 4.53. The van der Waals surface area contributed by atoms with Crippen molar-refractivity contribution in [1.29, 1.82) is 0 Å². The number of hydrogen-bond donors (Lipinski definition) is 1. The molecule has 2 rings (SSSR count). The lowest BCUT2D eigenvalue weighted by Gasteiger charge is -2.27. The Morgan fingerprint density at radius 3 is 2.79 bits per heavy atom. The highest BCUT2D eigenvalue weighted by Crippen LogP contribution is 2.32. The fourth-order valence-electron chi connectivity index (χ4n) is 3.12. The first kappa shape index (κ1) is 14.6. The predicted octanol–water partition coefficient (Wildman–Crippen LogP) is 3.52. The average Bonchev–Trinajstić information content (AvgIpc) is 2.97. The lowest BCUT2D eigenvalue weighted by atomic mass is 9.86. The second-order valence-electron chi connectivity index (χ2n) is 6.85. The van der Waals surface area contributed by atoms with Gasteiger partial charge in [0.05, 0.1) is 6.33 Å². The van der Waals surface area contributed by atoms with Crippen LogP contribution in [0.3, 0.4) is 0 Å². The summed E-state index contributed by atoms with van der Waals surface area (Å²) in [5, 5.41) is 3.48. The Bertz CT molecular complexity index is 388. The van der Waals surface area contributed by atoms with Gasteiger partial charge < -0.3 is 9.88 Å². The molecular weight excluding hydrogens is 234 g/mol. The molecule has 2 heterocycles. The van der Waals surface area contributed by atoms with Gasteiger partial charge in [0.1, 0.15) is 0 Å². The van der Waals surface area contributed by atoms with Gasteiger partial charge in [-0.05, 0) is 32.2 Å². The first-order valence-corrected chi connectivity index (χ1v) is 7.76. The van der Waals surface area contributed by atoms with E-state index in [-0.39, 0.29) is 5.41 Å². The van der Waals surface area contributed by atoms with E-state index in [1.165, 1.54) is 31.4 Å². The van der Waals surface area contributed by atoms with Crippen LogP contribution in [0.2, 0.25) is 0 Å². The van der Waals surface area contributed by atoms with E-state index in [9.17, 15) is 0 Å². The van der Waals surface area contributed by atoms with Gasteiger partial charge in [-0.2, -0.15) is 0 Å². The maximum atomic E-state index is 4.41. The average molecular weight is 263 g/mol. The zero-order chi connectivity index (χ0) is 13.9. The van der Waals surface area contributed by atoms with Crippen molar-refractivity contribution in [3.8, 4) is 0 Å². The summed E-state index contributed by atoms with van der Waals surface area (Å²) in [5.74, 6) is 0.811. The maximum Gasteiger partial charge on any atom is 0.0950 e. The van der Waals surface area contributed by atoms with Gasteiger partial charge in [0.15, 0.2) is 0 Å². The van der Waals surface area contributed by atoms with Gasteiger partial charge in [-0.25, -0.2) is 4.98 Å². The third kappa shape index (κ3) is 3.38. The number of nitrogens with one attached hydrogen (secondary N) is 1. The molecule has 1 aliphatic heterocycles. The fourth-order valence-corrected chi connectivity index (χ4v) is 3.12. The van der Waals surface area contributed by atoms with Crippen molar-refractivity contribution in [2.24, 2.45) is 5.92 Å². The minimum atomic E-state index is 0.267. The van der Waals surface area contributed by atoms with Crippen molar-refractivity contribution in [1.82, 2.24) is 14.9 Å². The molecule has 1 aromatic rings. The Labute approximate surface area is 117 Å². The minimum absolute atomic E-state index is 0.267. The number of nitrogens with zero attached hydrogens (tertiary/aromatic N) is 2. The Kier molecular flexibility index (Phi) is 4.67. The van der Waals surface area contributed by atoms with Gasteiger partial charge in [-0.15, -0.1) is 0 Å². The molecule has 3 heteroatoms. The monoisotopic (exact) mass is 263 g/mol. The smallest absolute Gasteiger partial charge is 0.0950 e. The quantitative estimate of drug-likeness (QED) is 0.851. The number of imidazole rings is 1. The van der Waals surface area contributed by atoms with E-state index in [1.54, 1.807) is 0 Å². The van der Waals surface area contributed by atoms with E-state index in [0.717, 1.165) is 19.0 Å². The van der Waals surface area contributed by atoms with Crippen LogP contribution in [-0.4, -0.2) is 22.6 Å². The van der Waals surface area contributed by atoms with Crippen LogP contribution in [0.1, 0.15) is 65.1 Å². The third-order valence-electron chi connectivity index (χ3n) is 4.53. The molecule has 0 spiro atoms. The Morgan fingerprint density at radius 1 is 1.37 bits per heavy atom. The van der Waals surface area contributed by atoms with Gasteiger partial charge >= 0.3 is 0 Å². The van der Waals surface area contributed by atoms with Crippen LogP contribution in [0.25, 0.3) is 0 Å². The molecule has 1 saturated heterocycles. The van der Waals surface area contributed by atoms with Gasteiger partial charge in [-0.1, -0.05) is 33.6 Å². The zero-order valence-corrected chi connectivity index (χ0v) is 12.9. The highest BCUT2D eigenvalue weighted by molar-refractivity contribution is 5.18. The van der Waals surface area contributed by atoms with Crippen molar-refractivity contribution in [3.05, 3.63) is 18.2 Å². The Morgan fingerprint density at radius 2 is 2.16 bits per heavy atom. The topological polar surface area (TPSA) is 29.9 Å². The SMILES string of the molecule is CC(C)CCCC(C)n1cncc1C1(C)CCNC1. The minimum Gasteiger partial charge on any atom is -0.331 e. The lowest BCUT2D eigenvalue weighted by Crippen LogP contribution is -2.28. The summed E-state index contributed by atoms with van der Waals surface area (Å²) in [7, 11) is 0. The number of rotatable bonds is 6. The fraction of sp³-hybridized carbons (Fsp3) is 0.812. The van der Waals surface area contributed by atoms with Gasteiger partial charge in [0.2, 0.25) is 0 Å². The Hall–Kier alpha value is -0.830. The molecule has 0 aliphatic carbocycles. The zero-order valence-electron chi connectivity index (χ0n) is 12.9. The second-order valence-corrected chi connectivity index (χ2v) is 6.85. The van der Waals surface area contributed by atoms with Crippen LogP contribution in [0.4, 0.5) is 0 Å². The molecule has 0 amide bonds.